The predicted octanol–water partition coefficient (Wildman–Crippen LogP) is 5.34. The summed E-state index contributed by atoms with van der Waals surface area (Å²) in [5, 5.41) is 19.8. The number of carbonyl (C=O) groups excluding carboxylic acids is 2. The van der Waals surface area contributed by atoms with E-state index in [9.17, 15) is 23.1 Å². The summed E-state index contributed by atoms with van der Waals surface area (Å²) in [5.74, 6) is -0.743. The van der Waals surface area contributed by atoms with E-state index in [1.807, 2.05) is 68.4 Å². The molecule has 46 heavy (non-hydrogen) atoms. The molecule has 0 aromatic heterocycles. The van der Waals surface area contributed by atoms with Crippen LogP contribution in [0.5, 0.6) is 5.75 Å². The second kappa shape index (κ2) is 16.6. The average molecular weight is 655 g/mol. The lowest BCUT2D eigenvalue weighted by Gasteiger charge is -2.29. The van der Waals surface area contributed by atoms with Crippen molar-refractivity contribution < 1.29 is 37.7 Å². The number of amides is 2. The molecule has 3 rings (SSSR count). The SMILES string of the molecule is CC(C)COc1cc(-c2ccc(CCN(C[C@H](O)c3ccccc3)C(=O)OC(C)(C)C)cc2)ccc1C(=O)NS(=O)(=O)CCCO. The third kappa shape index (κ3) is 11.8. The molecule has 11 heteroatoms. The van der Waals surface area contributed by atoms with Gasteiger partial charge in [-0.1, -0.05) is 74.5 Å². The Hall–Kier alpha value is -3.93. The molecule has 0 aliphatic carbocycles. The minimum Gasteiger partial charge on any atom is -0.492 e. The molecule has 0 fully saturated rings. The van der Waals surface area contributed by atoms with Gasteiger partial charge in [0.25, 0.3) is 5.91 Å². The van der Waals surface area contributed by atoms with Crippen LogP contribution in [0.1, 0.15) is 68.6 Å². The van der Waals surface area contributed by atoms with E-state index in [0.717, 1.165) is 16.7 Å². The van der Waals surface area contributed by atoms with Crippen molar-refractivity contribution in [1.29, 1.82) is 0 Å². The molecule has 0 saturated heterocycles. The minimum absolute atomic E-state index is 0.0168. The van der Waals surface area contributed by atoms with Crippen LogP contribution in [0.25, 0.3) is 11.1 Å². The van der Waals surface area contributed by atoms with Crippen molar-refractivity contribution in [3.8, 4) is 16.9 Å². The Morgan fingerprint density at radius 1 is 0.957 bits per heavy atom. The lowest BCUT2D eigenvalue weighted by atomic mass is 10.0. The number of hydrogen-bond donors (Lipinski definition) is 3. The van der Waals surface area contributed by atoms with Crippen molar-refractivity contribution in [2.45, 2.75) is 59.2 Å². The summed E-state index contributed by atoms with van der Waals surface area (Å²) in [6.45, 7) is 9.77. The number of nitrogens with one attached hydrogen (secondary N) is 1. The van der Waals surface area contributed by atoms with Crippen LogP contribution in [-0.4, -0.2) is 73.2 Å². The molecule has 0 aliphatic rings. The molecule has 3 aromatic rings. The number of carbonyl (C=O) groups is 2. The molecule has 0 spiro atoms. The number of benzene rings is 3. The van der Waals surface area contributed by atoms with Crippen molar-refractivity contribution >= 4 is 22.0 Å². The van der Waals surface area contributed by atoms with E-state index in [0.29, 0.717) is 25.1 Å². The van der Waals surface area contributed by atoms with Gasteiger partial charge >= 0.3 is 6.09 Å². The first-order valence-corrected chi connectivity index (χ1v) is 17.1. The summed E-state index contributed by atoms with van der Waals surface area (Å²) < 4.78 is 38.1. The zero-order valence-corrected chi connectivity index (χ0v) is 28.0. The Bertz CT molecular complexity index is 1540. The summed E-state index contributed by atoms with van der Waals surface area (Å²) in [6, 6.07) is 21.9. The zero-order valence-electron chi connectivity index (χ0n) is 27.2. The van der Waals surface area contributed by atoms with Gasteiger partial charge in [0.15, 0.2) is 0 Å². The smallest absolute Gasteiger partial charge is 0.410 e. The van der Waals surface area contributed by atoms with Crippen molar-refractivity contribution in [3.63, 3.8) is 0 Å². The molecule has 0 bridgehead atoms. The highest BCUT2D eigenvalue weighted by molar-refractivity contribution is 7.90. The van der Waals surface area contributed by atoms with E-state index in [4.69, 9.17) is 14.6 Å². The molecule has 0 radical (unpaired) electrons. The molecule has 10 nitrogen and oxygen atoms in total. The first kappa shape index (κ1) is 36.5. The molecule has 250 valence electrons. The predicted molar refractivity (Wildman–Crippen MR) is 178 cm³/mol. The Balaban J connectivity index is 1.77. The number of rotatable bonds is 15. The quantitative estimate of drug-likeness (QED) is 0.199. The van der Waals surface area contributed by atoms with Crippen molar-refractivity contribution in [1.82, 2.24) is 9.62 Å². The Morgan fingerprint density at radius 3 is 2.22 bits per heavy atom. The fraction of sp³-hybridized carbons (Fsp3) is 0.429. The molecular weight excluding hydrogens is 608 g/mol. The maximum Gasteiger partial charge on any atom is 0.410 e. The van der Waals surface area contributed by atoms with Crippen LogP contribution < -0.4 is 9.46 Å². The maximum absolute atomic E-state index is 13.0. The molecule has 3 N–H and O–H groups in total. The lowest BCUT2D eigenvalue weighted by molar-refractivity contribution is 0.0147. The third-order valence-electron chi connectivity index (χ3n) is 6.80. The van der Waals surface area contributed by atoms with Gasteiger partial charge in [-0.25, -0.2) is 17.9 Å². The van der Waals surface area contributed by atoms with E-state index >= 15 is 0 Å². The average Bonchev–Trinajstić information content (AvgIpc) is 3.00. The lowest BCUT2D eigenvalue weighted by Crippen LogP contribution is -2.40. The minimum atomic E-state index is -3.91. The van der Waals surface area contributed by atoms with Crippen molar-refractivity contribution in [2.75, 3.05) is 32.1 Å². The molecule has 0 unspecified atom stereocenters. The molecule has 1 atom stereocenters. The van der Waals surface area contributed by atoms with Crippen LogP contribution in [0.3, 0.4) is 0 Å². The summed E-state index contributed by atoms with van der Waals surface area (Å²) in [5.41, 5.74) is 2.71. The van der Waals surface area contributed by atoms with Crippen LogP contribution in [0.15, 0.2) is 72.8 Å². The van der Waals surface area contributed by atoms with E-state index in [1.165, 1.54) is 11.0 Å². The topological polar surface area (TPSA) is 142 Å². The summed E-state index contributed by atoms with van der Waals surface area (Å²) >= 11 is 0. The highest BCUT2D eigenvalue weighted by Crippen LogP contribution is 2.29. The summed E-state index contributed by atoms with van der Waals surface area (Å²) in [4.78, 5) is 27.4. The van der Waals surface area contributed by atoms with Gasteiger partial charge < -0.3 is 24.6 Å². The number of hydrogen-bond acceptors (Lipinski definition) is 8. The van der Waals surface area contributed by atoms with Crippen LogP contribution in [0.2, 0.25) is 0 Å². The van der Waals surface area contributed by atoms with Crippen molar-refractivity contribution in [3.05, 3.63) is 89.5 Å². The fourth-order valence-corrected chi connectivity index (χ4v) is 5.47. The summed E-state index contributed by atoms with van der Waals surface area (Å²) in [7, 11) is -3.91. The van der Waals surface area contributed by atoms with E-state index < -0.39 is 33.7 Å². The molecule has 0 heterocycles. The molecular formula is C35H46N2O8S. The third-order valence-corrected chi connectivity index (χ3v) is 8.13. The van der Waals surface area contributed by atoms with E-state index in [-0.39, 0.29) is 42.6 Å². The monoisotopic (exact) mass is 654 g/mol. The Kier molecular flexibility index (Phi) is 13.2. The second-order valence-electron chi connectivity index (χ2n) is 12.5. The van der Waals surface area contributed by atoms with Crippen LogP contribution >= 0.6 is 0 Å². The number of nitrogens with zero attached hydrogens (tertiary/aromatic N) is 1. The molecule has 2 amide bonds. The van der Waals surface area contributed by atoms with Gasteiger partial charge in [0.05, 0.1) is 30.6 Å². The van der Waals surface area contributed by atoms with Gasteiger partial charge in [-0.3, -0.25) is 4.79 Å². The number of aliphatic hydroxyl groups excluding tert-OH is 2. The molecule has 3 aromatic carbocycles. The molecule has 0 saturated carbocycles. The normalized spacial score (nSPS) is 12.4. The fourth-order valence-electron chi connectivity index (χ4n) is 4.47. The van der Waals surface area contributed by atoms with Crippen LogP contribution in [-0.2, 0) is 21.2 Å². The first-order valence-electron chi connectivity index (χ1n) is 15.4. The van der Waals surface area contributed by atoms with Gasteiger partial charge in [0.1, 0.15) is 11.4 Å². The van der Waals surface area contributed by atoms with Gasteiger partial charge in [-0.05, 0) is 73.9 Å². The maximum atomic E-state index is 13.0. The van der Waals surface area contributed by atoms with Crippen molar-refractivity contribution in [2.24, 2.45) is 5.92 Å². The molecule has 0 aliphatic heterocycles. The highest BCUT2D eigenvalue weighted by atomic mass is 32.2. The van der Waals surface area contributed by atoms with Gasteiger partial charge in [-0.2, -0.15) is 0 Å². The first-order chi connectivity index (χ1) is 21.7. The van der Waals surface area contributed by atoms with Gasteiger partial charge in [0, 0.05) is 13.2 Å². The number of sulfonamides is 1. The zero-order chi connectivity index (χ0) is 33.9. The number of ether oxygens (including phenoxy) is 2. The van der Waals surface area contributed by atoms with E-state index in [1.54, 1.807) is 32.9 Å². The Morgan fingerprint density at radius 2 is 1.61 bits per heavy atom. The number of aliphatic hydroxyl groups is 2. The Labute approximate surface area is 272 Å². The standard InChI is InChI=1S/C35H46N2O8S/c1-25(2)24-44-32-22-29(16-17-30(32)33(40)36-46(42,43)21-9-20-38)27-14-12-26(13-15-27)18-19-37(34(41)45-35(3,4)5)23-31(39)28-10-7-6-8-11-28/h6-8,10-17,22,25,31,38-39H,9,18-21,23-24H2,1-5H3,(H,36,40)/t31-/m0/s1. The van der Waals surface area contributed by atoms with E-state index in [2.05, 4.69) is 4.72 Å². The van der Waals surface area contributed by atoms with Crippen LogP contribution in [0, 0.1) is 5.92 Å². The highest BCUT2D eigenvalue weighted by Gasteiger charge is 2.25. The van der Waals surface area contributed by atoms with Gasteiger partial charge in [0.2, 0.25) is 10.0 Å². The largest absolute Gasteiger partial charge is 0.492 e. The second-order valence-corrected chi connectivity index (χ2v) is 14.4. The summed E-state index contributed by atoms with van der Waals surface area (Å²) in [6.07, 6.45) is -0.830. The van der Waals surface area contributed by atoms with Gasteiger partial charge in [-0.15, -0.1) is 0 Å². The van der Waals surface area contributed by atoms with Crippen LogP contribution in [0.4, 0.5) is 4.79 Å².